The average Bonchev–Trinajstić information content (AvgIpc) is 3.24. The first-order chi connectivity index (χ1) is 18.5. The van der Waals surface area contributed by atoms with Gasteiger partial charge in [-0.15, -0.1) is 0 Å². The van der Waals surface area contributed by atoms with E-state index in [0.717, 1.165) is 34.7 Å². The molecule has 6 rings (SSSR count). The van der Waals surface area contributed by atoms with E-state index in [1.54, 1.807) is 13.8 Å². The van der Waals surface area contributed by atoms with Crippen LogP contribution in [0, 0.1) is 37.1 Å². The predicted molar refractivity (Wildman–Crippen MR) is 150 cm³/mol. The summed E-state index contributed by atoms with van der Waals surface area (Å²) in [6, 6.07) is 11.8. The molecule has 0 atom stereocenters. The van der Waals surface area contributed by atoms with E-state index in [1.165, 1.54) is 6.07 Å². The topological polar surface area (TPSA) is 30.7 Å². The molecule has 198 valence electrons. The summed E-state index contributed by atoms with van der Waals surface area (Å²) in [6.07, 6.45) is 1.98. The van der Waals surface area contributed by atoms with Crippen molar-refractivity contribution in [3.8, 4) is 11.3 Å². The van der Waals surface area contributed by atoms with Gasteiger partial charge in [-0.1, -0.05) is 40.9 Å². The average molecular weight is 591 g/mol. The molecule has 3 aromatic heterocycles. The van der Waals surface area contributed by atoms with Gasteiger partial charge in [-0.2, -0.15) is 0 Å². The first-order valence-electron chi connectivity index (χ1n) is 11.6. The van der Waals surface area contributed by atoms with Crippen LogP contribution >= 0.6 is 34.8 Å². The molecular weight excluding hydrogens is 573 g/mol. The summed E-state index contributed by atoms with van der Waals surface area (Å²) in [6.45, 7) is 3.42. The fourth-order valence-electron chi connectivity index (χ4n) is 4.40. The van der Waals surface area contributed by atoms with Crippen molar-refractivity contribution < 1.29 is 17.6 Å². The molecule has 0 N–H and O–H groups in total. The largest absolute Gasteiger partial charge is 0.351 e. The lowest BCUT2D eigenvalue weighted by molar-refractivity contribution is 0.590. The number of halogens is 7. The zero-order chi connectivity index (χ0) is 28.2. The van der Waals surface area contributed by atoms with Crippen LogP contribution in [0.1, 0.15) is 11.1 Å². The Labute approximate surface area is 235 Å². The van der Waals surface area contributed by atoms with E-state index in [9.17, 15) is 17.6 Å². The fraction of sp³-hybridized carbons (Fsp3) is 0.103. The van der Waals surface area contributed by atoms with E-state index in [4.69, 9.17) is 34.8 Å². The van der Waals surface area contributed by atoms with E-state index in [-0.39, 0.29) is 37.0 Å². The Morgan fingerprint density at radius 2 is 1.26 bits per heavy atom. The lowest BCUT2D eigenvalue weighted by Gasteiger charge is -2.11. The molecular formula is C29H18Cl3F4N3. The van der Waals surface area contributed by atoms with Gasteiger partial charge in [0.2, 0.25) is 0 Å². The second kappa shape index (κ2) is 10.3. The van der Waals surface area contributed by atoms with Gasteiger partial charge in [-0.3, -0.25) is 0 Å². The van der Waals surface area contributed by atoms with E-state index in [0.29, 0.717) is 16.8 Å². The maximum Gasteiger partial charge on any atom is 0.137 e. The van der Waals surface area contributed by atoms with Crippen molar-refractivity contribution in [3.05, 3.63) is 104 Å². The van der Waals surface area contributed by atoms with Gasteiger partial charge in [0.25, 0.3) is 0 Å². The van der Waals surface area contributed by atoms with Crippen molar-refractivity contribution in [1.82, 2.24) is 14.5 Å². The van der Waals surface area contributed by atoms with Crippen LogP contribution in [0.3, 0.4) is 0 Å². The molecule has 3 aromatic carbocycles. The van der Waals surface area contributed by atoms with Crippen molar-refractivity contribution in [2.75, 3.05) is 0 Å². The number of aryl methyl sites for hydroxylation is 1. The third-order valence-electron chi connectivity index (χ3n) is 6.44. The van der Waals surface area contributed by atoms with E-state index < -0.39 is 23.3 Å². The Morgan fingerprint density at radius 1 is 0.692 bits per heavy atom. The second-order valence-electron chi connectivity index (χ2n) is 9.00. The summed E-state index contributed by atoms with van der Waals surface area (Å²) in [5.74, 6) is -2.81. The van der Waals surface area contributed by atoms with Crippen LogP contribution in [0.5, 0.6) is 0 Å². The van der Waals surface area contributed by atoms with Gasteiger partial charge < -0.3 is 4.57 Å². The molecule has 0 saturated carbocycles. The van der Waals surface area contributed by atoms with Crippen molar-refractivity contribution >= 4 is 67.5 Å². The Morgan fingerprint density at radius 3 is 1.87 bits per heavy atom. The molecule has 3 nitrogen and oxygen atoms in total. The molecule has 10 heteroatoms. The SMILES string of the molecule is Cc1c(-c2ccc3c(ccn3C)c2)nc2cc(F)cc(F)c2c1Cl.Cc1c(Cl)nc2cc(F)cc(F)c2c1Cl. The highest BCUT2D eigenvalue weighted by molar-refractivity contribution is 6.39. The van der Waals surface area contributed by atoms with Crippen molar-refractivity contribution in [2.45, 2.75) is 13.8 Å². The van der Waals surface area contributed by atoms with Gasteiger partial charge in [-0.05, 0) is 37.6 Å². The number of benzene rings is 3. The molecule has 0 aliphatic carbocycles. The second-order valence-corrected chi connectivity index (χ2v) is 10.1. The van der Waals surface area contributed by atoms with Gasteiger partial charge >= 0.3 is 0 Å². The van der Waals surface area contributed by atoms with E-state index >= 15 is 0 Å². The standard InChI is InChI=1S/C19H13ClF2N2.C10H5Cl2F2N/c1-10-18(20)17-14(22)8-13(21)9-15(17)23-19(10)12-3-4-16-11(7-12)5-6-24(16)2;1-4-9(11)8-6(14)2-5(13)3-7(8)15-10(4)12/h3-9H,1-2H3;2-3H,1H3. The Hall–Kier alpha value is -3.39. The molecule has 0 bridgehead atoms. The van der Waals surface area contributed by atoms with Crippen LogP contribution in [-0.2, 0) is 7.05 Å². The first-order valence-corrected chi connectivity index (χ1v) is 12.7. The van der Waals surface area contributed by atoms with E-state index in [1.807, 2.05) is 42.1 Å². The number of hydrogen-bond acceptors (Lipinski definition) is 2. The summed E-state index contributed by atoms with van der Waals surface area (Å²) >= 11 is 18.0. The minimum atomic E-state index is -0.734. The smallest absolute Gasteiger partial charge is 0.137 e. The molecule has 0 saturated heterocycles. The van der Waals surface area contributed by atoms with Crippen molar-refractivity contribution in [1.29, 1.82) is 0 Å². The molecule has 0 fully saturated rings. The summed E-state index contributed by atoms with van der Waals surface area (Å²) in [4.78, 5) is 8.33. The predicted octanol–water partition coefficient (Wildman–Crippen LogP) is 9.76. The summed E-state index contributed by atoms with van der Waals surface area (Å²) < 4.78 is 55.9. The highest BCUT2D eigenvalue weighted by atomic mass is 35.5. The molecule has 0 radical (unpaired) electrons. The van der Waals surface area contributed by atoms with Gasteiger partial charge in [0.05, 0.1) is 37.5 Å². The number of nitrogens with zero attached hydrogens (tertiary/aromatic N) is 3. The number of rotatable bonds is 1. The number of pyridine rings is 2. The molecule has 0 unspecified atom stereocenters. The third-order valence-corrected chi connectivity index (χ3v) is 7.75. The molecule has 3 heterocycles. The minimum Gasteiger partial charge on any atom is -0.351 e. The lowest BCUT2D eigenvalue weighted by atomic mass is 10.0. The van der Waals surface area contributed by atoms with Crippen LogP contribution in [0.25, 0.3) is 44.0 Å². The molecule has 0 aliphatic heterocycles. The highest BCUT2D eigenvalue weighted by Gasteiger charge is 2.17. The maximum absolute atomic E-state index is 14.1. The molecule has 0 aliphatic rings. The van der Waals surface area contributed by atoms with Crippen LogP contribution in [0.2, 0.25) is 15.2 Å². The maximum atomic E-state index is 14.1. The zero-order valence-corrected chi connectivity index (χ0v) is 23.0. The van der Waals surface area contributed by atoms with Crippen molar-refractivity contribution in [3.63, 3.8) is 0 Å². The van der Waals surface area contributed by atoms with Gasteiger partial charge in [-0.25, -0.2) is 27.5 Å². The Bertz CT molecular complexity index is 1940. The first kappa shape index (κ1) is 27.2. The number of aromatic nitrogens is 3. The molecule has 39 heavy (non-hydrogen) atoms. The molecule has 0 spiro atoms. The minimum absolute atomic E-state index is 0.0972. The van der Waals surface area contributed by atoms with Crippen LogP contribution in [-0.4, -0.2) is 14.5 Å². The highest BCUT2D eigenvalue weighted by Crippen LogP contribution is 2.36. The van der Waals surface area contributed by atoms with Crippen LogP contribution < -0.4 is 0 Å². The monoisotopic (exact) mass is 589 g/mol. The quantitative estimate of drug-likeness (QED) is 0.141. The fourth-order valence-corrected chi connectivity index (χ4v) is 5.19. The third kappa shape index (κ3) is 4.91. The normalized spacial score (nSPS) is 11.3. The van der Waals surface area contributed by atoms with Crippen LogP contribution in [0.15, 0.2) is 54.7 Å². The summed E-state index contributed by atoms with van der Waals surface area (Å²) in [5, 5.41) is 1.90. The van der Waals surface area contributed by atoms with Crippen molar-refractivity contribution in [2.24, 2.45) is 7.05 Å². The number of fused-ring (bicyclic) bond motifs is 3. The van der Waals surface area contributed by atoms with Gasteiger partial charge in [0.15, 0.2) is 0 Å². The lowest BCUT2D eigenvalue weighted by Crippen LogP contribution is -1.95. The Kier molecular flexibility index (Phi) is 7.18. The number of hydrogen-bond donors (Lipinski definition) is 0. The summed E-state index contributed by atoms with van der Waals surface area (Å²) in [7, 11) is 1.98. The van der Waals surface area contributed by atoms with Gasteiger partial charge in [0, 0.05) is 59.5 Å². The Balaban J connectivity index is 0.000000177. The molecule has 0 amide bonds. The zero-order valence-electron chi connectivity index (χ0n) is 20.7. The van der Waals surface area contributed by atoms with E-state index in [2.05, 4.69) is 9.97 Å². The van der Waals surface area contributed by atoms with Crippen LogP contribution in [0.4, 0.5) is 17.6 Å². The van der Waals surface area contributed by atoms with Gasteiger partial charge in [0.1, 0.15) is 28.4 Å². The molecule has 6 aromatic rings. The summed E-state index contributed by atoms with van der Waals surface area (Å²) in [5.41, 5.74) is 4.07.